The molecule has 114 valence electrons. The molecule has 3 fully saturated rings. The van der Waals surface area contributed by atoms with Crippen molar-refractivity contribution in [2.75, 3.05) is 26.2 Å². The van der Waals surface area contributed by atoms with E-state index in [4.69, 9.17) is 11.6 Å². The Morgan fingerprint density at radius 2 is 1.71 bits per heavy atom. The zero-order valence-electron chi connectivity index (χ0n) is 12.8. The molecule has 0 unspecified atom stereocenters. The molecule has 3 heteroatoms. The summed E-state index contributed by atoms with van der Waals surface area (Å²) in [5.74, 6) is 2.16. The van der Waals surface area contributed by atoms with E-state index < -0.39 is 0 Å². The zero-order valence-corrected chi connectivity index (χ0v) is 13.5. The lowest BCUT2D eigenvalue weighted by Gasteiger charge is -2.36. The van der Waals surface area contributed by atoms with Crippen molar-refractivity contribution in [2.45, 2.75) is 38.3 Å². The van der Waals surface area contributed by atoms with Crippen LogP contribution in [0.3, 0.4) is 0 Å². The minimum absolute atomic E-state index is 0.847. The van der Waals surface area contributed by atoms with Gasteiger partial charge in [0.15, 0.2) is 0 Å². The van der Waals surface area contributed by atoms with E-state index in [9.17, 15) is 0 Å². The van der Waals surface area contributed by atoms with E-state index in [1.54, 1.807) is 11.3 Å². The van der Waals surface area contributed by atoms with Crippen molar-refractivity contribution in [1.29, 1.82) is 0 Å². The van der Waals surface area contributed by atoms with E-state index in [0.29, 0.717) is 0 Å². The van der Waals surface area contributed by atoms with Gasteiger partial charge in [0.1, 0.15) is 32.7 Å². The van der Waals surface area contributed by atoms with Crippen LogP contribution in [0.5, 0.6) is 0 Å². The van der Waals surface area contributed by atoms with Crippen molar-refractivity contribution >= 4 is 11.6 Å². The van der Waals surface area contributed by atoms with Gasteiger partial charge in [-0.2, -0.15) is 0 Å². The minimum atomic E-state index is 0.847. The summed E-state index contributed by atoms with van der Waals surface area (Å²) in [5.41, 5.74) is 1.43. The Labute approximate surface area is 133 Å². The van der Waals surface area contributed by atoms with Crippen molar-refractivity contribution in [1.82, 2.24) is 0 Å². The second kappa shape index (κ2) is 5.91. The largest absolute Gasteiger partial charge is 0.323 e. The quantitative estimate of drug-likeness (QED) is 0.818. The third kappa shape index (κ3) is 2.99. The van der Waals surface area contributed by atoms with E-state index in [2.05, 4.69) is 12.1 Å². The van der Waals surface area contributed by atoms with Crippen LogP contribution in [0, 0.1) is 11.8 Å². The second-order valence-electron chi connectivity index (χ2n) is 7.49. The SMILES string of the molecule is Clc1ccc(C[NH+]2CC[NH+]([C@@H]3C[C@H]4CC[C@@H]3C4)CC2)cc1. The van der Waals surface area contributed by atoms with E-state index in [0.717, 1.165) is 22.9 Å². The van der Waals surface area contributed by atoms with Gasteiger partial charge in [0.25, 0.3) is 0 Å². The Morgan fingerprint density at radius 1 is 0.952 bits per heavy atom. The number of nitrogens with one attached hydrogen (secondary N) is 2. The molecule has 2 nitrogen and oxygen atoms in total. The first-order valence-electron chi connectivity index (χ1n) is 8.70. The second-order valence-corrected chi connectivity index (χ2v) is 7.93. The Hall–Kier alpha value is -0.570. The first kappa shape index (κ1) is 14.0. The minimum Gasteiger partial charge on any atom is -0.323 e. The number of rotatable bonds is 3. The van der Waals surface area contributed by atoms with E-state index >= 15 is 0 Å². The normalized spacial score (nSPS) is 38.8. The fourth-order valence-corrected chi connectivity index (χ4v) is 5.23. The summed E-state index contributed by atoms with van der Waals surface area (Å²) in [5, 5.41) is 0.847. The predicted octanol–water partition coefficient (Wildman–Crippen LogP) is 0.812. The van der Waals surface area contributed by atoms with Gasteiger partial charge in [0.2, 0.25) is 0 Å². The van der Waals surface area contributed by atoms with Crippen LogP contribution in [0.1, 0.15) is 31.2 Å². The molecule has 4 rings (SSSR count). The fraction of sp³-hybridized carbons (Fsp3) is 0.667. The molecule has 21 heavy (non-hydrogen) atoms. The lowest BCUT2D eigenvalue weighted by molar-refractivity contribution is -1.03. The van der Waals surface area contributed by atoms with Gasteiger partial charge in [-0.3, -0.25) is 0 Å². The highest BCUT2D eigenvalue weighted by Gasteiger charge is 2.45. The number of hydrogen-bond donors (Lipinski definition) is 2. The molecule has 0 radical (unpaired) electrons. The number of piperazine rings is 1. The maximum Gasteiger partial charge on any atom is 0.127 e. The maximum atomic E-state index is 5.97. The van der Waals surface area contributed by atoms with Crippen LogP contribution in [-0.4, -0.2) is 32.2 Å². The van der Waals surface area contributed by atoms with Crippen LogP contribution in [0.4, 0.5) is 0 Å². The Kier molecular flexibility index (Phi) is 3.95. The molecule has 3 aliphatic rings. The molecule has 2 aliphatic carbocycles. The summed E-state index contributed by atoms with van der Waals surface area (Å²) in [6.07, 6.45) is 6.14. The highest BCUT2D eigenvalue weighted by Crippen LogP contribution is 2.43. The number of quaternary nitrogens is 2. The molecule has 0 aromatic heterocycles. The Bertz CT molecular complexity index is 478. The third-order valence-corrected chi connectivity index (χ3v) is 6.48. The van der Waals surface area contributed by atoms with Crippen molar-refractivity contribution < 1.29 is 9.80 Å². The number of benzene rings is 1. The molecule has 0 amide bonds. The average Bonchev–Trinajstić information content (AvgIpc) is 3.13. The Balaban J connectivity index is 1.29. The number of halogens is 1. The van der Waals surface area contributed by atoms with Crippen LogP contribution in [0.15, 0.2) is 24.3 Å². The van der Waals surface area contributed by atoms with Crippen molar-refractivity contribution in [3.8, 4) is 0 Å². The van der Waals surface area contributed by atoms with Crippen molar-refractivity contribution in [3.05, 3.63) is 34.9 Å². The van der Waals surface area contributed by atoms with Gasteiger partial charge in [0, 0.05) is 22.9 Å². The molecule has 2 bridgehead atoms. The lowest BCUT2D eigenvalue weighted by atomic mass is 9.93. The van der Waals surface area contributed by atoms with Crippen LogP contribution in [-0.2, 0) is 6.54 Å². The van der Waals surface area contributed by atoms with Gasteiger partial charge in [-0.05, 0) is 37.3 Å². The van der Waals surface area contributed by atoms with Gasteiger partial charge in [-0.1, -0.05) is 23.7 Å². The molecule has 1 aromatic rings. The number of fused-ring (bicyclic) bond motifs is 2. The molecule has 2 N–H and O–H groups in total. The summed E-state index contributed by atoms with van der Waals surface area (Å²) >= 11 is 5.97. The monoisotopic (exact) mass is 306 g/mol. The van der Waals surface area contributed by atoms with Crippen molar-refractivity contribution in [2.24, 2.45) is 11.8 Å². The molecular formula is C18H27ClN2+2. The molecular weight excluding hydrogens is 280 g/mol. The topological polar surface area (TPSA) is 8.88 Å². The van der Waals surface area contributed by atoms with E-state index in [1.165, 1.54) is 57.5 Å². The highest BCUT2D eigenvalue weighted by atomic mass is 35.5. The lowest BCUT2D eigenvalue weighted by Crippen LogP contribution is -3.29. The van der Waals surface area contributed by atoms with Gasteiger partial charge in [-0.15, -0.1) is 0 Å². The third-order valence-electron chi connectivity index (χ3n) is 6.23. The van der Waals surface area contributed by atoms with Crippen LogP contribution >= 0.6 is 11.6 Å². The summed E-state index contributed by atoms with van der Waals surface area (Å²) in [4.78, 5) is 3.69. The van der Waals surface area contributed by atoms with Crippen LogP contribution in [0.25, 0.3) is 0 Å². The molecule has 0 spiro atoms. The average molecular weight is 307 g/mol. The summed E-state index contributed by atoms with van der Waals surface area (Å²) in [6, 6.07) is 9.43. The Morgan fingerprint density at radius 3 is 2.33 bits per heavy atom. The van der Waals surface area contributed by atoms with Gasteiger partial charge >= 0.3 is 0 Å². The first-order chi connectivity index (χ1) is 10.3. The standard InChI is InChI=1S/C18H25ClN2/c19-17-5-2-14(3-6-17)13-20-7-9-21(10-8-20)18-12-15-1-4-16(18)11-15/h2-3,5-6,15-16,18H,1,4,7-13H2/p+2/t15-,16+,18+/m0/s1. The molecule has 1 saturated heterocycles. The molecule has 1 aliphatic heterocycles. The molecule has 2 saturated carbocycles. The first-order valence-corrected chi connectivity index (χ1v) is 9.08. The summed E-state index contributed by atoms with van der Waals surface area (Å²) in [6.45, 7) is 6.62. The van der Waals surface area contributed by atoms with Gasteiger partial charge in [-0.25, -0.2) is 0 Å². The van der Waals surface area contributed by atoms with E-state index in [-0.39, 0.29) is 0 Å². The molecule has 1 heterocycles. The summed E-state index contributed by atoms with van der Waals surface area (Å²) < 4.78 is 0. The predicted molar refractivity (Wildman–Crippen MR) is 85.8 cm³/mol. The van der Waals surface area contributed by atoms with E-state index in [1.807, 2.05) is 17.0 Å². The van der Waals surface area contributed by atoms with Crippen LogP contribution < -0.4 is 9.80 Å². The maximum absolute atomic E-state index is 5.97. The fourth-order valence-electron chi connectivity index (χ4n) is 5.11. The van der Waals surface area contributed by atoms with Crippen molar-refractivity contribution in [3.63, 3.8) is 0 Å². The zero-order chi connectivity index (χ0) is 14.2. The van der Waals surface area contributed by atoms with Gasteiger partial charge in [0.05, 0.1) is 6.04 Å². The summed E-state index contributed by atoms with van der Waals surface area (Å²) in [7, 11) is 0. The highest BCUT2D eigenvalue weighted by molar-refractivity contribution is 6.30. The van der Waals surface area contributed by atoms with Gasteiger partial charge < -0.3 is 9.80 Å². The molecule has 1 aromatic carbocycles. The van der Waals surface area contributed by atoms with Crippen LogP contribution in [0.2, 0.25) is 5.02 Å². The molecule has 3 atom stereocenters. The number of hydrogen-bond acceptors (Lipinski definition) is 0. The smallest absolute Gasteiger partial charge is 0.127 e.